The van der Waals surface area contributed by atoms with Gasteiger partial charge in [-0.05, 0) is 43.7 Å². The Bertz CT molecular complexity index is 957. The number of ether oxygens (including phenoxy) is 1. The van der Waals surface area contributed by atoms with Crippen molar-refractivity contribution in [1.82, 2.24) is 4.57 Å². The van der Waals surface area contributed by atoms with E-state index in [0.29, 0.717) is 16.9 Å². The van der Waals surface area contributed by atoms with E-state index in [9.17, 15) is 14.7 Å². The predicted molar refractivity (Wildman–Crippen MR) is 98.9 cm³/mol. The van der Waals surface area contributed by atoms with Crippen LogP contribution in [0.4, 0.5) is 0 Å². The molecular weight excluding hydrogens is 330 g/mol. The van der Waals surface area contributed by atoms with Gasteiger partial charge < -0.3 is 14.4 Å². The smallest absolute Gasteiger partial charge is 0.340 e. The molecule has 0 radical (unpaired) electrons. The third-order valence-electron chi connectivity index (χ3n) is 4.08. The highest BCUT2D eigenvalue weighted by Gasteiger charge is 2.22. The Morgan fingerprint density at radius 1 is 1.04 bits per heavy atom. The Morgan fingerprint density at radius 3 is 2.42 bits per heavy atom. The van der Waals surface area contributed by atoms with Crippen LogP contribution in [-0.4, -0.2) is 28.2 Å². The summed E-state index contributed by atoms with van der Waals surface area (Å²) in [6.45, 7) is 3.93. The first kappa shape index (κ1) is 17.5. The third-order valence-corrected chi connectivity index (χ3v) is 4.08. The molecule has 0 saturated carbocycles. The first-order chi connectivity index (χ1) is 12.5. The normalized spacial score (nSPS) is 10.5. The standard InChI is InChI=1S/C21H19NO4/c1-3-26-21(25)18-12-14(2)22(19(18)15-8-5-4-6-9-15)17-11-7-10-16(13-17)20(23)24/h4-13H,3H2,1-2H3,(H,23,24). The van der Waals surface area contributed by atoms with Gasteiger partial charge in [-0.3, -0.25) is 0 Å². The van der Waals surface area contributed by atoms with Crippen LogP contribution in [0, 0.1) is 6.92 Å². The summed E-state index contributed by atoms with van der Waals surface area (Å²) >= 11 is 0. The molecule has 1 aromatic heterocycles. The molecule has 132 valence electrons. The van der Waals surface area contributed by atoms with E-state index in [2.05, 4.69) is 0 Å². The molecule has 0 aliphatic carbocycles. The molecule has 0 aliphatic rings. The van der Waals surface area contributed by atoms with Crippen molar-refractivity contribution in [2.75, 3.05) is 6.61 Å². The fraction of sp³-hybridized carbons (Fsp3) is 0.143. The van der Waals surface area contributed by atoms with Crippen LogP contribution < -0.4 is 0 Å². The minimum atomic E-state index is -0.997. The molecule has 1 heterocycles. The van der Waals surface area contributed by atoms with Crippen LogP contribution in [0.3, 0.4) is 0 Å². The van der Waals surface area contributed by atoms with Crippen molar-refractivity contribution in [1.29, 1.82) is 0 Å². The molecule has 0 bridgehead atoms. The summed E-state index contributed by atoms with van der Waals surface area (Å²) in [5.74, 6) is -1.40. The van der Waals surface area contributed by atoms with E-state index >= 15 is 0 Å². The number of benzene rings is 2. The summed E-state index contributed by atoms with van der Waals surface area (Å²) in [6, 6.07) is 17.9. The summed E-state index contributed by atoms with van der Waals surface area (Å²) in [5, 5.41) is 9.29. The van der Waals surface area contributed by atoms with E-state index in [1.807, 2.05) is 47.9 Å². The van der Waals surface area contributed by atoms with Gasteiger partial charge in [-0.15, -0.1) is 0 Å². The van der Waals surface area contributed by atoms with Gasteiger partial charge in [-0.25, -0.2) is 9.59 Å². The average Bonchev–Trinajstić information content (AvgIpc) is 3.00. The van der Waals surface area contributed by atoms with Gasteiger partial charge in [-0.2, -0.15) is 0 Å². The maximum Gasteiger partial charge on any atom is 0.340 e. The second-order valence-electron chi connectivity index (χ2n) is 5.83. The van der Waals surface area contributed by atoms with Crippen LogP contribution >= 0.6 is 0 Å². The second-order valence-corrected chi connectivity index (χ2v) is 5.83. The topological polar surface area (TPSA) is 68.5 Å². The lowest BCUT2D eigenvalue weighted by Gasteiger charge is -2.14. The largest absolute Gasteiger partial charge is 0.478 e. The number of carboxylic acids is 1. The first-order valence-corrected chi connectivity index (χ1v) is 8.31. The molecular formula is C21H19NO4. The maximum absolute atomic E-state index is 12.5. The number of esters is 1. The van der Waals surface area contributed by atoms with E-state index in [0.717, 1.165) is 11.3 Å². The lowest BCUT2D eigenvalue weighted by Crippen LogP contribution is -2.07. The first-order valence-electron chi connectivity index (χ1n) is 8.31. The highest BCUT2D eigenvalue weighted by molar-refractivity contribution is 5.97. The van der Waals surface area contributed by atoms with E-state index in [1.165, 1.54) is 0 Å². The van der Waals surface area contributed by atoms with E-state index in [4.69, 9.17) is 4.74 Å². The van der Waals surface area contributed by atoms with Crippen LogP contribution in [0.25, 0.3) is 16.9 Å². The number of nitrogens with zero attached hydrogens (tertiary/aromatic N) is 1. The van der Waals surface area contributed by atoms with Gasteiger partial charge in [0.05, 0.1) is 23.4 Å². The molecule has 0 spiro atoms. The number of aromatic carboxylic acids is 1. The molecule has 0 unspecified atom stereocenters. The van der Waals surface area contributed by atoms with Crippen LogP contribution in [0.15, 0.2) is 60.7 Å². The van der Waals surface area contributed by atoms with Crippen molar-refractivity contribution in [3.8, 4) is 16.9 Å². The quantitative estimate of drug-likeness (QED) is 0.696. The zero-order chi connectivity index (χ0) is 18.7. The van der Waals surface area contributed by atoms with Gasteiger partial charge in [0.2, 0.25) is 0 Å². The Hall–Kier alpha value is -3.34. The minimum absolute atomic E-state index is 0.187. The number of hydrogen-bond donors (Lipinski definition) is 1. The van der Waals surface area contributed by atoms with Gasteiger partial charge in [-0.1, -0.05) is 36.4 Å². The molecule has 0 atom stereocenters. The molecule has 0 aliphatic heterocycles. The Balaban J connectivity index is 2.27. The van der Waals surface area contributed by atoms with Crippen LogP contribution in [0.1, 0.15) is 33.3 Å². The fourth-order valence-electron chi connectivity index (χ4n) is 2.99. The van der Waals surface area contributed by atoms with Crippen molar-refractivity contribution < 1.29 is 19.4 Å². The molecule has 0 fully saturated rings. The molecule has 3 aromatic rings. The van der Waals surface area contributed by atoms with Crippen molar-refractivity contribution in [3.05, 3.63) is 77.5 Å². The highest BCUT2D eigenvalue weighted by atomic mass is 16.5. The van der Waals surface area contributed by atoms with Gasteiger partial charge in [0.1, 0.15) is 0 Å². The van der Waals surface area contributed by atoms with E-state index < -0.39 is 11.9 Å². The monoisotopic (exact) mass is 349 g/mol. The summed E-state index contributed by atoms with van der Waals surface area (Å²) in [5.41, 5.74) is 3.67. The number of hydrogen-bond acceptors (Lipinski definition) is 3. The lowest BCUT2D eigenvalue weighted by molar-refractivity contribution is 0.0526. The minimum Gasteiger partial charge on any atom is -0.478 e. The average molecular weight is 349 g/mol. The third kappa shape index (κ3) is 3.24. The summed E-state index contributed by atoms with van der Waals surface area (Å²) in [7, 11) is 0. The van der Waals surface area contributed by atoms with Crippen LogP contribution in [0.5, 0.6) is 0 Å². The molecule has 5 heteroatoms. The molecule has 2 aromatic carbocycles. The Morgan fingerprint density at radius 2 is 1.77 bits per heavy atom. The number of aromatic nitrogens is 1. The van der Waals surface area contributed by atoms with Gasteiger partial charge >= 0.3 is 11.9 Å². The molecule has 5 nitrogen and oxygen atoms in total. The van der Waals surface area contributed by atoms with Crippen LogP contribution in [-0.2, 0) is 4.74 Å². The highest BCUT2D eigenvalue weighted by Crippen LogP contribution is 2.31. The van der Waals surface area contributed by atoms with Gasteiger partial charge in [0, 0.05) is 11.4 Å². The molecule has 26 heavy (non-hydrogen) atoms. The number of carbonyl (C=O) groups is 2. The van der Waals surface area contributed by atoms with Gasteiger partial charge in [0.25, 0.3) is 0 Å². The van der Waals surface area contributed by atoms with E-state index in [1.54, 1.807) is 31.2 Å². The second kappa shape index (κ2) is 7.27. The number of carbonyl (C=O) groups excluding carboxylic acids is 1. The molecule has 1 N–H and O–H groups in total. The predicted octanol–water partition coefficient (Wildman–Crippen LogP) is 4.33. The summed E-state index contributed by atoms with van der Waals surface area (Å²) in [6.07, 6.45) is 0. The molecule has 3 rings (SSSR count). The Labute approximate surface area is 151 Å². The summed E-state index contributed by atoms with van der Waals surface area (Å²) < 4.78 is 7.09. The Kier molecular flexibility index (Phi) is 4.89. The van der Waals surface area contributed by atoms with Crippen LogP contribution in [0.2, 0.25) is 0 Å². The SMILES string of the molecule is CCOC(=O)c1cc(C)n(-c2cccc(C(=O)O)c2)c1-c1ccccc1. The van der Waals surface area contributed by atoms with E-state index in [-0.39, 0.29) is 12.2 Å². The van der Waals surface area contributed by atoms with Gasteiger partial charge in [0.15, 0.2) is 0 Å². The fourth-order valence-corrected chi connectivity index (χ4v) is 2.99. The van der Waals surface area contributed by atoms with Crippen molar-refractivity contribution >= 4 is 11.9 Å². The summed E-state index contributed by atoms with van der Waals surface area (Å²) in [4.78, 5) is 23.8. The zero-order valence-corrected chi connectivity index (χ0v) is 14.6. The van der Waals surface area contributed by atoms with Crippen molar-refractivity contribution in [3.63, 3.8) is 0 Å². The molecule has 0 amide bonds. The number of rotatable bonds is 5. The maximum atomic E-state index is 12.5. The number of aryl methyl sites for hydroxylation is 1. The van der Waals surface area contributed by atoms with Crippen molar-refractivity contribution in [2.24, 2.45) is 0 Å². The molecule has 0 saturated heterocycles. The zero-order valence-electron chi connectivity index (χ0n) is 14.6. The number of carboxylic acid groups (broad SMARTS) is 1. The lowest BCUT2D eigenvalue weighted by atomic mass is 10.1. The van der Waals surface area contributed by atoms with Crippen molar-refractivity contribution in [2.45, 2.75) is 13.8 Å².